The van der Waals surface area contributed by atoms with Gasteiger partial charge in [0.25, 0.3) is 5.56 Å². The van der Waals surface area contributed by atoms with Crippen LogP contribution in [0.1, 0.15) is 46.1 Å². The number of carbonyl (C=O) groups excluding carboxylic acids is 1. The number of rotatable bonds is 6. The molecule has 4 aromatic rings. The van der Waals surface area contributed by atoms with E-state index in [0.29, 0.717) is 38.3 Å². The number of aliphatic imine (C=N–C) groups is 1. The lowest BCUT2D eigenvalue weighted by molar-refractivity contribution is 0.0525. The SMILES string of the molecule is CCOC(=O)c1c(-n2c(O)c(C=Nc3ccccc3OC)c3ccccc3c2=O)sc2c1CCCC2. The molecule has 2 aromatic heterocycles. The first-order valence-electron chi connectivity index (χ1n) is 11.9. The number of hydrogen-bond acceptors (Lipinski definition) is 7. The number of esters is 1. The van der Waals surface area contributed by atoms with Crippen molar-refractivity contribution in [3.8, 4) is 16.6 Å². The van der Waals surface area contributed by atoms with Gasteiger partial charge in [-0.1, -0.05) is 30.3 Å². The van der Waals surface area contributed by atoms with Gasteiger partial charge < -0.3 is 14.6 Å². The van der Waals surface area contributed by atoms with Crippen molar-refractivity contribution >= 4 is 40.0 Å². The number of methoxy groups -OCH3 is 1. The maximum Gasteiger partial charge on any atom is 0.341 e. The largest absolute Gasteiger partial charge is 0.494 e. The zero-order valence-corrected chi connectivity index (χ0v) is 20.9. The summed E-state index contributed by atoms with van der Waals surface area (Å²) in [5, 5.41) is 12.9. The molecule has 1 N–H and O–H groups in total. The van der Waals surface area contributed by atoms with E-state index < -0.39 is 11.5 Å². The number of pyridine rings is 1. The Labute approximate surface area is 212 Å². The number of aryl methyl sites for hydroxylation is 1. The molecule has 0 aliphatic heterocycles. The van der Waals surface area contributed by atoms with Gasteiger partial charge in [-0.3, -0.25) is 9.79 Å². The normalized spacial score (nSPS) is 13.2. The van der Waals surface area contributed by atoms with Crippen LogP contribution in [0.2, 0.25) is 0 Å². The maximum absolute atomic E-state index is 13.7. The molecule has 0 saturated carbocycles. The average molecular weight is 503 g/mol. The Morgan fingerprint density at radius 2 is 1.83 bits per heavy atom. The molecule has 184 valence electrons. The first-order valence-corrected chi connectivity index (χ1v) is 12.7. The lowest BCUT2D eigenvalue weighted by Gasteiger charge is -2.15. The molecule has 0 spiro atoms. The number of thiophene rings is 1. The van der Waals surface area contributed by atoms with E-state index >= 15 is 0 Å². The molecule has 36 heavy (non-hydrogen) atoms. The van der Waals surface area contributed by atoms with Crippen molar-refractivity contribution < 1.29 is 19.4 Å². The second-order valence-electron chi connectivity index (χ2n) is 8.46. The zero-order chi connectivity index (χ0) is 25.2. The fourth-order valence-corrected chi connectivity index (χ4v) is 6.05. The summed E-state index contributed by atoms with van der Waals surface area (Å²) in [4.78, 5) is 32.4. The van der Waals surface area contributed by atoms with E-state index in [4.69, 9.17) is 9.47 Å². The molecule has 1 aliphatic carbocycles. The molecule has 2 aromatic carbocycles. The molecule has 0 amide bonds. The number of aromatic nitrogens is 1. The Kier molecular flexibility index (Phi) is 6.61. The molecule has 0 fully saturated rings. The summed E-state index contributed by atoms with van der Waals surface area (Å²) >= 11 is 1.37. The molecule has 8 heteroatoms. The number of aromatic hydroxyl groups is 1. The topological polar surface area (TPSA) is 90.1 Å². The van der Waals surface area contributed by atoms with Crippen molar-refractivity contribution in [2.75, 3.05) is 13.7 Å². The Balaban J connectivity index is 1.78. The van der Waals surface area contributed by atoms with Crippen LogP contribution in [0.5, 0.6) is 11.6 Å². The van der Waals surface area contributed by atoms with Crippen molar-refractivity contribution in [3.05, 3.63) is 80.5 Å². The number of carbonyl (C=O) groups is 1. The summed E-state index contributed by atoms with van der Waals surface area (Å²) in [7, 11) is 1.57. The third-order valence-corrected chi connectivity index (χ3v) is 7.63. The summed E-state index contributed by atoms with van der Waals surface area (Å²) in [6, 6.07) is 14.4. The van der Waals surface area contributed by atoms with Gasteiger partial charge in [0, 0.05) is 21.9 Å². The lowest BCUT2D eigenvalue weighted by atomic mass is 9.95. The summed E-state index contributed by atoms with van der Waals surface area (Å²) < 4.78 is 12.0. The summed E-state index contributed by atoms with van der Waals surface area (Å²) in [6.07, 6.45) is 5.08. The van der Waals surface area contributed by atoms with Crippen LogP contribution in [-0.2, 0) is 17.6 Å². The standard InChI is InChI=1S/C28H26N2O5S/c1-3-35-28(33)24-19-12-6-9-15-23(19)36-27(24)30-25(31)18-11-5-4-10-17(18)20(26(30)32)16-29-21-13-7-8-14-22(21)34-2/h4-5,7-8,10-11,13-14,16,32H,3,6,9,12,15H2,1-2H3. The van der Waals surface area contributed by atoms with Gasteiger partial charge in [-0.15, -0.1) is 11.3 Å². The van der Waals surface area contributed by atoms with Crippen molar-refractivity contribution in [3.63, 3.8) is 0 Å². The second kappa shape index (κ2) is 9.99. The van der Waals surface area contributed by atoms with E-state index in [1.165, 1.54) is 22.1 Å². The van der Waals surface area contributed by atoms with Crippen LogP contribution in [0.4, 0.5) is 5.69 Å². The first-order chi connectivity index (χ1) is 17.5. The van der Waals surface area contributed by atoms with Crippen molar-refractivity contribution in [2.45, 2.75) is 32.6 Å². The van der Waals surface area contributed by atoms with Crippen LogP contribution in [0, 0.1) is 0 Å². The molecule has 0 atom stereocenters. The van der Waals surface area contributed by atoms with Gasteiger partial charge in [-0.2, -0.15) is 0 Å². The third kappa shape index (κ3) is 4.07. The Hall–Kier alpha value is -3.91. The highest BCUT2D eigenvalue weighted by Gasteiger charge is 2.30. The van der Waals surface area contributed by atoms with Crippen LogP contribution in [-0.4, -0.2) is 35.6 Å². The minimum Gasteiger partial charge on any atom is -0.494 e. The van der Waals surface area contributed by atoms with Gasteiger partial charge in [0.1, 0.15) is 16.4 Å². The Morgan fingerprint density at radius 3 is 2.61 bits per heavy atom. The van der Waals surface area contributed by atoms with Crippen LogP contribution in [0.25, 0.3) is 15.8 Å². The van der Waals surface area contributed by atoms with Crippen molar-refractivity contribution in [1.29, 1.82) is 0 Å². The number of nitrogens with zero attached hydrogens (tertiary/aromatic N) is 2. The fourth-order valence-electron chi connectivity index (χ4n) is 4.67. The molecular formula is C28H26N2O5S. The van der Waals surface area contributed by atoms with Gasteiger partial charge in [0.05, 0.1) is 24.8 Å². The summed E-state index contributed by atoms with van der Waals surface area (Å²) in [6.45, 7) is 1.97. The lowest BCUT2D eigenvalue weighted by Crippen LogP contribution is -2.22. The zero-order valence-electron chi connectivity index (χ0n) is 20.1. The maximum atomic E-state index is 13.7. The number of benzene rings is 2. The van der Waals surface area contributed by atoms with Crippen molar-refractivity contribution in [2.24, 2.45) is 4.99 Å². The minimum atomic E-state index is -0.476. The monoisotopic (exact) mass is 502 g/mol. The number of fused-ring (bicyclic) bond motifs is 2. The molecule has 0 bridgehead atoms. The fraction of sp³-hybridized carbons (Fsp3) is 0.250. The molecule has 5 rings (SSSR count). The quantitative estimate of drug-likeness (QED) is 0.275. The Morgan fingerprint density at radius 1 is 1.11 bits per heavy atom. The highest BCUT2D eigenvalue weighted by atomic mass is 32.1. The molecule has 2 heterocycles. The van der Waals surface area contributed by atoms with E-state index in [9.17, 15) is 14.7 Å². The van der Waals surface area contributed by atoms with Crippen LogP contribution >= 0.6 is 11.3 Å². The van der Waals surface area contributed by atoms with Crippen LogP contribution in [0.15, 0.2) is 58.3 Å². The smallest absolute Gasteiger partial charge is 0.341 e. The van der Waals surface area contributed by atoms with E-state index in [-0.39, 0.29) is 12.5 Å². The molecule has 0 radical (unpaired) electrons. The van der Waals surface area contributed by atoms with E-state index in [0.717, 1.165) is 36.1 Å². The highest BCUT2D eigenvalue weighted by molar-refractivity contribution is 7.15. The molecule has 7 nitrogen and oxygen atoms in total. The predicted octanol–water partition coefficient (Wildman–Crippen LogP) is 5.57. The van der Waals surface area contributed by atoms with E-state index in [1.807, 2.05) is 12.1 Å². The first kappa shape index (κ1) is 23.8. The number of hydrogen-bond donors (Lipinski definition) is 1. The highest BCUT2D eigenvalue weighted by Crippen LogP contribution is 2.39. The van der Waals surface area contributed by atoms with Gasteiger partial charge in [-0.05, 0) is 56.4 Å². The van der Waals surface area contributed by atoms with Gasteiger partial charge in [-0.25, -0.2) is 9.36 Å². The van der Waals surface area contributed by atoms with E-state index in [1.54, 1.807) is 50.4 Å². The van der Waals surface area contributed by atoms with Crippen LogP contribution < -0.4 is 10.3 Å². The average Bonchev–Trinajstić information content (AvgIpc) is 3.28. The molecule has 1 aliphatic rings. The molecule has 0 unspecified atom stereocenters. The predicted molar refractivity (Wildman–Crippen MR) is 142 cm³/mol. The van der Waals surface area contributed by atoms with Gasteiger partial charge in [0.15, 0.2) is 0 Å². The molecular weight excluding hydrogens is 476 g/mol. The second-order valence-corrected chi connectivity index (χ2v) is 9.55. The Bertz CT molecular complexity index is 1550. The summed E-state index contributed by atoms with van der Waals surface area (Å²) in [5.41, 5.74) is 1.85. The van der Waals surface area contributed by atoms with Crippen molar-refractivity contribution in [1.82, 2.24) is 4.57 Å². The number of ether oxygens (including phenoxy) is 2. The molecule has 0 saturated heterocycles. The summed E-state index contributed by atoms with van der Waals surface area (Å²) in [5.74, 6) is -0.168. The van der Waals surface area contributed by atoms with Crippen LogP contribution in [0.3, 0.4) is 0 Å². The van der Waals surface area contributed by atoms with Gasteiger partial charge in [0.2, 0.25) is 5.88 Å². The number of para-hydroxylation sites is 2. The third-order valence-electron chi connectivity index (χ3n) is 6.36. The minimum absolute atomic E-state index is 0.221. The van der Waals surface area contributed by atoms with Gasteiger partial charge >= 0.3 is 5.97 Å². The van der Waals surface area contributed by atoms with E-state index in [2.05, 4.69) is 4.99 Å².